The lowest BCUT2D eigenvalue weighted by atomic mass is 9.98. The van der Waals surface area contributed by atoms with Gasteiger partial charge in [0.1, 0.15) is 23.8 Å². The van der Waals surface area contributed by atoms with Gasteiger partial charge in [-0.1, -0.05) is 42.5 Å². The predicted octanol–water partition coefficient (Wildman–Crippen LogP) is 5.12. The Bertz CT molecular complexity index is 1450. The van der Waals surface area contributed by atoms with Crippen molar-refractivity contribution in [1.29, 1.82) is 0 Å². The number of hydrogen-bond acceptors (Lipinski definition) is 5. The Balaban J connectivity index is 1.76. The zero-order valence-electron chi connectivity index (χ0n) is 18.4. The molecule has 0 saturated heterocycles. The molecule has 0 radical (unpaired) electrons. The number of benzene rings is 2. The van der Waals surface area contributed by atoms with Crippen molar-refractivity contribution in [1.82, 2.24) is 4.98 Å². The van der Waals surface area contributed by atoms with E-state index in [4.69, 9.17) is 9.15 Å². The Morgan fingerprint density at radius 1 is 1.09 bits per heavy atom. The van der Waals surface area contributed by atoms with E-state index in [1.165, 1.54) is 4.90 Å². The SMILES string of the molecule is C=CCOc1cccc(C2c3c(oc4ccc(C)cc4c3=O)C(=O)N2c2ccc(C)cn2)c1. The van der Waals surface area contributed by atoms with Crippen LogP contribution >= 0.6 is 0 Å². The summed E-state index contributed by atoms with van der Waals surface area (Å²) in [5.74, 6) is 0.703. The maximum Gasteiger partial charge on any atom is 0.296 e. The topological polar surface area (TPSA) is 72.6 Å². The summed E-state index contributed by atoms with van der Waals surface area (Å²) in [7, 11) is 0. The third kappa shape index (κ3) is 3.49. The smallest absolute Gasteiger partial charge is 0.296 e. The Morgan fingerprint density at radius 3 is 2.67 bits per heavy atom. The average molecular weight is 438 g/mol. The number of carbonyl (C=O) groups excluding carboxylic acids is 1. The second-order valence-electron chi connectivity index (χ2n) is 8.12. The highest BCUT2D eigenvalue weighted by Gasteiger charge is 2.44. The highest BCUT2D eigenvalue weighted by molar-refractivity contribution is 6.10. The van der Waals surface area contributed by atoms with Crippen molar-refractivity contribution in [3.05, 3.63) is 112 Å². The first kappa shape index (κ1) is 20.7. The molecule has 0 aliphatic carbocycles. The van der Waals surface area contributed by atoms with Crippen molar-refractivity contribution in [2.45, 2.75) is 19.9 Å². The Labute approximate surface area is 190 Å². The summed E-state index contributed by atoms with van der Waals surface area (Å²) in [5, 5.41) is 0.448. The first-order chi connectivity index (χ1) is 16.0. The van der Waals surface area contributed by atoms with Gasteiger partial charge in [-0.05, 0) is 55.3 Å². The number of amides is 1. The van der Waals surface area contributed by atoms with E-state index in [1.807, 2.05) is 50.2 Å². The fourth-order valence-electron chi connectivity index (χ4n) is 4.17. The molecule has 1 unspecified atom stereocenters. The van der Waals surface area contributed by atoms with Crippen LogP contribution in [-0.4, -0.2) is 17.5 Å². The summed E-state index contributed by atoms with van der Waals surface area (Å²) in [5.41, 5.74) is 3.10. The number of fused-ring (bicyclic) bond motifs is 2. The van der Waals surface area contributed by atoms with E-state index in [2.05, 4.69) is 11.6 Å². The van der Waals surface area contributed by atoms with E-state index in [0.29, 0.717) is 34.7 Å². The van der Waals surface area contributed by atoms with E-state index in [-0.39, 0.29) is 11.2 Å². The van der Waals surface area contributed by atoms with Crippen molar-refractivity contribution in [3.8, 4) is 5.75 Å². The largest absolute Gasteiger partial charge is 0.490 e. The molecule has 0 spiro atoms. The van der Waals surface area contributed by atoms with Crippen LogP contribution < -0.4 is 15.1 Å². The Kier molecular flexibility index (Phi) is 5.05. The van der Waals surface area contributed by atoms with Gasteiger partial charge >= 0.3 is 0 Å². The van der Waals surface area contributed by atoms with Crippen molar-refractivity contribution in [3.63, 3.8) is 0 Å². The molecule has 6 heteroatoms. The summed E-state index contributed by atoms with van der Waals surface area (Å²) in [6, 6.07) is 15.7. The fraction of sp³-hybridized carbons (Fsp3) is 0.148. The van der Waals surface area contributed by atoms with Crippen LogP contribution in [0.4, 0.5) is 5.82 Å². The molecule has 2 aromatic heterocycles. The third-order valence-corrected chi connectivity index (χ3v) is 5.71. The van der Waals surface area contributed by atoms with Crippen LogP contribution in [0, 0.1) is 13.8 Å². The molecule has 3 heterocycles. The van der Waals surface area contributed by atoms with Gasteiger partial charge in [-0.2, -0.15) is 0 Å². The number of rotatable bonds is 5. The minimum Gasteiger partial charge on any atom is -0.490 e. The molecular weight excluding hydrogens is 416 g/mol. The molecule has 2 aromatic carbocycles. The molecule has 164 valence electrons. The van der Waals surface area contributed by atoms with Gasteiger partial charge in [0.25, 0.3) is 5.91 Å². The molecule has 0 N–H and O–H groups in total. The van der Waals surface area contributed by atoms with Gasteiger partial charge in [0.15, 0.2) is 5.43 Å². The van der Waals surface area contributed by atoms with Gasteiger partial charge in [-0.25, -0.2) is 4.98 Å². The summed E-state index contributed by atoms with van der Waals surface area (Å²) < 4.78 is 11.7. The first-order valence-corrected chi connectivity index (χ1v) is 10.6. The number of anilines is 1. The standard InChI is InChI=1S/C27H22N2O4/c1-4-12-32-19-7-5-6-18(14-19)24-23-25(30)20-13-16(2)8-10-21(20)33-26(23)27(31)29(24)22-11-9-17(3)15-28-22/h4-11,13-15,24H,1,12H2,2-3H3. The predicted molar refractivity (Wildman–Crippen MR) is 127 cm³/mol. The van der Waals surface area contributed by atoms with Gasteiger partial charge in [-0.3, -0.25) is 14.5 Å². The molecule has 0 saturated carbocycles. The second-order valence-corrected chi connectivity index (χ2v) is 8.12. The van der Waals surface area contributed by atoms with Crippen LogP contribution in [0.2, 0.25) is 0 Å². The lowest BCUT2D eigenvalue weighted by Gasteiger charge is -2.24. The van der Waals surface area contributed by atoms with Crippen LogP contribution in [0.25, 0.3) is 11.0 Å². The normalized spacial score (nSPS) is 15.0. The number of hydrogen-bond donors (Lipinski definition) is 0. The summed E-state index contributed by atoms with van der Waals surface area (Å²) in [6.07, 6.45) is 3.36. The van der Waals surface area contributed by atoms with Gasteiger partial charge < -0.3 is 9.15 Å². The number of nitrogens with zero attached hydrogens (tertiary/aromatic N) is 2. The van der Waals surface area contributed by atoms with Crippen LogP contribution in [0.1, 0.15) is 38.9 Å². The highest BCUT2D eigenvalue weighted by Crippen LogP contribution is 2.41. The molecule has 1 amide bonds. The van der Waals surface area contributed by atoms with E-state index < -0.39 is 11.9 Å². The van der Waals surface area contributed by atoms with Crippen LogP contribution in [0.5, 0.6) is 5.75 Å². The molecule has 0 fully saturated rings. The number of pyridine rings is 1. The number of ether oxygens (including phenoxy) is 1. The van der Waals surface area contributed by atoms with Crippen molar-refractivity contribution in [2.75, 3.05) is 11.5 Å². The summed E-state index contributed by atoms with van der Waals surface area (Å²) in [4.78, 5) is 33.3. The number of aryl methyl sites for hydroxylation is 2. The molecule has 4 aromatic rings. The second kappa shape index (κ2) is 8.06. The van der Waals surface area contributed by atoms with E-state index >= 15 is 0 Å². The van der Waals surface area contributed by atoms with Crippen molar-refractivity contribution < 1.29 is 13.9 Å². The van der Waals surface area contributed by atoms with E-state index in [9.17, 15) is 9.59 Å². The number of aromatic nitrogens is 1. The van der Waals surface area contributed by atoms with Crippen molar-refractivity contribution in [2.24, 2.45) is 0 Å². The maximum atomic E-state index is 13.7. The van der Waals surface area contributed by atoms with Gasteiger partial charge in [0, 0.05) is 6.20 Å². The maximum absolute atomic E-state index is 13.7. The quantitative estimate of drug-likeness (QED) is 0.405. The summed E-state index contributed by atoms with van der Waals surface area (Å²) >= 11 is 0. The van der Waals surface area contributed by atoms with E-state index in [0.717, 1.165) is 16.7 Å². The lowest BCUT2D eigenvalue weighted by molar-refractivity contribution is 0.0970. The minimum absolute atomic E-state index is 0.0427. The van der Waals surface area contributed by atoms with E-state index in [1.54, 1.807) is 30.5 Å². The zero-order valence-corrected chi connectivity index (χ0v) is 18.4. The molecule has 6 nitrogen and oxygen atoms in total. The molecule has 0 bridgehead atoms. The number of carbonyl (C=O) groups is 1. The molecule has 33 heavy (non-hydrogen) atoms. The van der Waals surface area contributed by atoms with Crippen LogP contribution in [0.3, 0.4) is 0 Å². The fourth-order valence-corrected chi connectivity index (χ4v) is 4.17. The Morgan fingerprint density at radius 2 is 1.91 bits per heavy atom. The molecular formula is C27H22N2O4. The van der Waals surface area contributed by atoms with Gasteiger partial charge in [-0.15, -0.1) is 0 Å². The molecule has 1 aliphatic heterocycles. The van der Waals surface area contributed by atoms with Gasteiger partial charge in [0.05, 0.1) is 17.0 Å². The van der Waals surface area contributed by atoms with Crippen LogP contribution in [0.15, 0.2) is 82.7 Å². The summed E-state index contributed by atoms with van der Waals surface area (Å²) in [6.45, 7) is 7.87. The van der Waals surface area contributed by atoms with Crippen LogP contribution in [-0.2, 0) is 0 Å². The third-order valence-electron chi connectivity index (χ3n) is 5.71. The molecule has 1 atom stereocenters. The Hall–Kier alpha value is -4.19. The van der Waals surface area contributed by atoms with Gasteiger partial charge in [0.2, 0.25) is 5.76 Å². The zero-order chi connectivity index (χ0) is 23.1. The lowest BCUT2D eigenvalue weighted by Crippen LogP contribution is -2.30. The average Bonchev–Trinajstić information content (AvgIpc) is 3.11. The molecule has 5 rings (SSSR count). The van der Waals surface area contributed by atoms with Crippen molar-refractivity contribution >= 4 is 22.7 Å². The monoisotopic (exact) mass is 438 g/mol. The first-order valence-electron chi connectivity index (χ1n) is 10.6. The molecule has 1 aliphatic rings. The highest BCUT2D eigenvalue weighted by atomic mass is 16.5. The minimum atomic E-state index is -0.698.